The topological polar surface area (TPSA) is 62.3 Å². The number of amides is 2. The highest BCUT2D eigenvalue weighted by Crippen LogP contribution is 2.43. The van der Waals surface area contributed by atoms with Gasteiger partial charge in [0, 0.05) is 19.7 Å². The van der Waals surface area contributed by atoms with E-state index < -0.39 is 8.32 Å². The first-order valence-electron chi connectivity index (χ1n) is 15.6. The van der Waals surface area contributed by atoms with Crippen LogP contribution >= 0.6 is 0 Å². The zero-order valence-electron chi connectivity index (χ0n) is 28.0. The summed E-state index contributed by atoms with van der Waals surface area (Å²) in [6, 6.07) is 7.74. The van der Waals surface area contributed by atoms with E-state index in [1.165, 1.54) is 5.57 Å². The van der Waals surface area contributed by atoms with Gasteiger partial charge in [-0.3, -0.25) is 4.79 Å². The minimum atomic E-state index is -2.05. The lowest BCUT2D eigenvalue weighted by molar-refractivity contribution is 0.0144. The van der Waals surface area contributed by atoms with E-state index in [4.69, 9.17) is 9.16 Å². The number of ether oxygens (including phenoxy) is 1. The maximum atomic E-state index is 14.0. The summed E-state index contributed by atoms with van der Waals surface area (Å²) in [4.78, 5) is 31.7. The molecule has 234 valence electrons. The van der Waals surface area contributed by atoms with Gasteiger partial charge >= 0.3 is 6.03 Å². The summed E-state index contributed by atoms with van der Waals surface area (Å²) in [5.74, 6) is 0.277. The van der Waals surface area contributed by atoms with Crippen LogP contribution in [0, 0.1) is 5.92 Å². The molecule has 2 amide bonds. The molecule has 0 aromatic heterocycles. The van der Waals surface area contributed by atoms with Gasteiger partial charge in [-0.25, -0.2) is 4.79 Å². The number of rotatable bonds is 12. The first kappa shape index (κ1) is 34.1. The van der Waals surface area contributed by atoms with Crippen LogP contribution < -0.4 is 4.90 Å². The van der Waals surface area contributed by atoms with Crippen LogP contribution in [0.5, 0.6) is 0 Å². The maximum Gasteiger partial charge on any atom is 0.322 e. The number of ketones is 1. The Bertz CT molecular complexity index is 1130. The minimum Gasteiger partial charge on any atom is -0.412 e. The Morgan fingerprint density at radius 1 is 1.00 bits per heavy atom. The average Bonchev–Trinajstić information content (AvgIpc) is 3.39. The van der Waals surface area contributed by atoms with Gasteiger partial charge in [0.05, 0.1) is 37.8 Å². The summed E-state index contributed by atoms with van der Waals surface area (Å²) in [6.45, 7) is 22.1. The van der Waals surface area contributed by atoms with Gasteiger partial charge in [-0.05, 0) is 79.4 Å². The van der Waals surface area contributed by atoms with Crippen molar-refractivity contribution < 1.29 is 18.8 Å². The molecule has 42 heavy (non-hydrogen) atoms. The number of para-hydroxylation sites is 1. The highest BCUT2D eigenvalue weighted by molar-refractivity contribution is 6.77. The number of hydrogen-bond acceptors (Lipinski definition) is 5. The molecule has 0 N–H and O–H groups in total. The van der Waals surface area contributed by atoms with Gasteiger partial charge < -0.3 is 23.9 Å². The number of urea groups is 1. The number of hydrogen-bond donors (Lipinski definition) is 0. The third kappa shape index (κ3) is 7.74. The number of Topliss-reactive ketones (excluding diaryl/α,β-unsaturated/α-hetero) is 1. The first-order valence-corrected chi connectivity index (χ1v) is 17.7. The highest BCUT2D eigenvalue weighted by Gasteiger charge is 2.45. The van der Waals surface area contributed by atoms with E-state index in [9.17, 15) is 9.59 Å². The van der Waals surface area contributed by atoms with E-state index in [2.05, 4.69) is 79.4 Å². The van der Waals surface area contributed by atoms with Crippen molar-refractivity contribution in [2.45, 2.75) is 97.4 Å². The van der Waals surface area contributed by atoms with Gasteiger partial charge in [-0.1, -0.05) is 65.8 Å². The van der Waals surface area contributed by atoms with Crippen LogP contribution in [-0.2, 0) is 9.16 Å². The lowest BCUT2D eigenvalue weighted by Crippen LogP contribution is -2.55. The maximum absolute atomic E-state index is 14.0. The largest absolute Gasteiger partial charge is 0.412 e. The molecular formula is C34H55N3O4Si. The first-order chi connectivity index (χ1) is 19.6. The van der Waals surface area contributed by atoms with Crippen molar-refractivity contribution in [2.75, 3.05) is 45.5 Å². The van der Waals surface area contributed by atoms with Gasteiger partial charge in [-0.15, -0.1) is 0 Å². The molecule has 0 bridgehead atoms. The Balaban J connectivity index is 1.83. The van der Waals surface area contributed by atoms with Crippen molar-refractivity contribution in [1.82, 2.24) is 9.80 Å². The van der Waals surface area contributed by atoms with E-state index in [1.54, 1.807) is 23.9 Å². The quantitative estimate of drug-likeness (QED) is 0.139. The Morgan fingerprint density at radius 3 is 2.12 bits per heavy atom. The van der Waals surface area contributed by atoms with Crippen LogP contribution in [0.3, 0.4) is 0 Å². The van der Waals surface area contributed by atoms with Crippen LogP contribution in [0.4, 0.5) is 10.5 Å². The standard InChI is InChI=1S/C34H55N3O4Si/c1-24(2)42(25(3)4,26(5)6)41-21-29(18-19-40-34(7,8)9)27-16-17-28(20-27)32(38)30-14-12-13-15-31(30)37-22-35(10)33(39)36(11)23-37/h12-15,17-18,24-27H,16,19-23H2,1-11H3/b29-18+. The van der Waals surface area contributed by atoms with E-state index in [-0.39, 0.29) is 23.3 Å². The summed E-state index contributed by atoms with van der Waals surface area (Å²) >= 11 is 0. The number of benzene rings is 1. The zero-order chi connectivity index (χ0) is 31.4. The molecule has 1 saturated heterocycles. The van der Waals surface area contributed by atoms with Crippen LogP contribution in [0.1, 0.15) is 85.5 Å². The van der Waals surface area contributed by atoms with Gasteiger partial charge in [-0.2, -0.15) is 0 Å². The van der Waals surface area contributed by atoms with Crippen LogP contribution in [0.2, 0.25) is 16.6 Å². The van der Waals surface area contributed by atoms with Gasteiger partial charge in [0.15, 0.2) is 5.78 Å². The highest BCUT2D eigenvalue weighted by atomic mass is 28.4. The Kier molecular flexibility index (Phi) is 11.3. The van der Waals surface area contributed by atoms with Crippen molar-refractivity contribution in [3.8, 4) is 0 Å². The third-order valence-electron chi connectivity index (χ3n) is 8.90. The summed E-state index contributed by atoms with van der Waals surface area (Å²) in [7, 11) is 1.52. The molecule has 1 aliphatic carbocycles. The van der Waals surface area contributed by atoms with E-state index in [1.807, 2.05) is 24.3 Å². The van der Waals surface area contributed by atoms with E-state index in [0.29, 0.717) is 55.2 Å². The van der Waals surface area contributed by atoms with Crippen molar-refractivity contribution in [3.63, 3.8) is 0 Å². The number of carbonyl (C=O) groups excluding carboxylic acids is 2. The molecule has 3 rings (SSSR count). The molecular weight excluding hydrogens is 542 g/mol. The Hall–Kier alpha value is -2.42. The molecule has 8 heteroatoms. The van der Waals surface area contributed by atoms with Crippen molar-refractivity contribution in [1.29, 1.82) is 0 Å². The number of anilines is 1. The van der Waals surface area contributed by atoms with Crippen LogP contribution in [0.15, 0.2) is 47.6 Å². The van der Waals surface area contributed by atoms with Gasteiger partial charge in [0.1, 0.15) is 0 Å². The molecule has 1 heterocycles. The third-order valence-corrected chi connectivity index (χ3v) is 15.0. The predicted molar refractivity (Wildman–Crippen MR) is 176 cm³/mol. The Labute approximate surface area is 256 Å². The molecule has 1 aromatic rings. The van der Waals surface area contributed by atoms with Crippen molar-refractivity contribution in [3.05, 3.63) is 53.1 Å². The van der Waals surface area contributed by atoms with Crippen molar-refractivity contribution in [2.24, 2.45) is 5.92 Å². The summed E-state index contributed by atoms with van der Waals surface area (Å²) < 4.78 is 13.1. The zero-order valence-corrected chi connectivity index (χ0v) is 29.0. The van der Waals surface area contributed by atoms with E-state index in [0.717, 1.165) is 17.7 Å². The lowest BCUT2D eigenvalue weighted by Gasteiger charge is -2.42. The number of nitrogens with zero attached hydrogens (tertiary/aromatic N) is 3. The smallest absolute Gasteiger partial charge is 0.322 e. The fraction of sp³-hybridized carbons (Fsp3) is 0.647. The number of carbonyl (C=O) groups is 2. The summed E-state index contributed by atoms with van der Waals surface area (Å²) in [5.41, 5.74) is 4.92. The Morgan fingerprint density at radius 2 is 1.57 bits per heavy atom. The van der Waals surface area contributed by atoms with Gasteiger partial charge in [0.2, 0.25) is 8.32 Å². The molecule has 1 fully saturated rings. The SMILES string of the molecule is CC(C)[Si](OC/C(=C\COC(C)(C)C)C1CC=C(C(=O)c2ccccc2N2CN(C)C(=O)N(C)C2)C1)(C(C)C)C(C)C. The molecule has 0 saturated carbocycles. The molecule has 0 spiro atoms. The lowest BCUT2D eigenvalue weighted by atomic mass is 9.93. The fourth-order valence-electron chi connectivity index (χ4n) is 6.87. The average molecular weight is 598 g/mol. The normalized spacial score (nSPS) is 19.0. The minimum absolute atomic E-state index is 0.0205. The monoisotopic (exact) mass is 597 g/mol. The summed E-state index contributed by atoms with van der Waals surface area (Å²) in [6.07, 6.45) is 5.84. The predicted octanol–water partition coefficient (Wildman–Crippen LogP) is 7.86. The molecule has 2 aliphatic rings. The van der Waals surface area contributed by atoms with Crippen LogP contribution in [0.25, 0.3) is 0 Å². The molecule has 0 radical (unpaired) electrons. The molecule has 1 aromatic carbocycles. The number of allylic oxidation sites excluding steroid dienone is 2. The second-order valence-electron chi connectivity index (χ2n) is 14.0. The molecule has 1 atom stereocenters. The second-order valence-corrected chi connectivity index (χ2v) is 19.5. The van der Waals surface area contributed by atoms with E-state index >= 15 is 0 Å². The summed E-state index contributed by atoms with van der Waals surface area (Å²) in [5, 5.41) is 0. The van der Waals surface area contributed by atoms with Crippen LogP contribution in [-0.4, -0.2) is 76.2 Å². The second kappa shape index (κ2) is 13.9. The fourth-order valence-corrected chi connectivity index (χ4v) is 12.3. The van der Waals surface area contributed by atoms with Gasteiger partial charge in [0.25, 0.3) is 0 Å². The molecule has 7 nitrogen and oxygen atoms in total. The molecule has 1 unspecified atom stereocenters. The molecule has 1 aliphatic heterocycles. The van der Waals surface area contributed by atoms with Crippen molar-refractivity contribution >= 4 is 25.8 Å².